The SMILES string of the molecule is CCCNCc1cccc(COc2cccc(Cl)c2Cl)c1. The van der Waals surface area contributed by atoms with Crippen LogP contribution in [0, 0.1) is 0 Å². The molecule has 2 nitrogen and oxygen atoms in total. The number of benzene rings is 2. The van der Waals surface area contributed by atoms with Gasteiger partial charge >= 0.3 is 0 Å². The summed E-state index contributed by atoms with van der Waals surface area (Å²) in [6.07, 6.45) is 1.13. The summed E-state index contributed by atoms with van der Waals surface area (Å²) in [4.78, 5) is 0. The van der Waals surface area contributed by atoms with Crippen molar-refractivity contribution in [3.63, 3.8) is 0 Å². The molecule has 0 heterocycles. The first kappa shape index (κ1) is 16.2. The Bertz CT molecular complexity index is 587. The second-order valence-electron chi connectivity index (χ2n) is 4.84. The van der Waals surface area contributed by atoms with Gasteiger partial charge in [-0.15, -0.1) is 0 Å². The Labute approximate surface area is 136 Å². The summed E-state index contributed by atoms with van der Waals surface area (Å²) >= 11 is 12.1. The highest BCUT2D eigenvalue weighted by Gasteiger charge is 2.05. The minimum absolute atomic E-state index is 0.458. The second-order valence-corrected chi connectivity index (χ2v) is 5.62. The molecular weight excluding hydrogens is 305 g/mol. The van der Waals surface area contributed by atoms with Crippen molar-refractivity contribution in [3.05, 3.63) is 63.6 Å². The summed E-state index contributed by atoms with van der Waals surface area (Å²) in [6, 6.07) is 13.7. The summed E-state index contributed by atoms with van der Waals surface area (Å²) < 4.78 is 5.75. The van der Waals surface area contributed by atoms with E-state index in [1.165, 1.54) is 5.56 Å². The molecule has 2 rings (SSSR count). The van der Waals surface area contributed by atoms with Gasteiger partial charge in [0.05, 0.1) is 5.02 Å². The predicted octanol–water partition coefficient (Wildman–Crippen LogP) is 5.07. The number of rotatable bonds is 7. The van der Waals surface area contributed by atoms with Crippen LogP contribution in [-0.4, -0.2) is 6.54 Å². The molecule has 0 aliphatic heterocycles. The zero-order valence-corrected chi connectivity index (χ0v) is 13.5. The standard InChI is InChI=1S/C17H19Cl2NO/c1-2-9-20-11-13-5-3-6-14(10-13)12-21-16-8-4-7-15(18)17(16)19/h3-8,10,20H,2,9,11-12H2,1H3. The molecule has 0 saturated heterocycles. The van der Waals surface area contributed by atoms with E-state index >= 15 is 0 Å². The summed E-state index contributed by atoms with van der Waals surface area (Å²) in [5.41, 5.74) is 2.36. The molecule has 0 fully saturated rings. The number of hydrogen-bond acceptors (Lipinski definition) is 2. The molecule has 0 saturated carbocycles. The third-order valence-electron chi connectivity index (χ3n) is 3.06. The Kier molecular flexibility index (Phi) is 6.37. The lowest BCUT2D eigenvalue weighted by atomic mass is 10.1. The van der Waals surface area contributed by atoms with Crippen molar-refractivity contribution in [2.75, 3.05) is 6.54 Å². The van der Waals surface area contributed by atoms with Gasteiger partial charge in [0.1, 0.15) is 17.4 Å². The Balaban J connectivity index is 1.96. The number of nitrogens with one attached hydrogen (secondary N) is 1. The van der Waals surface area contributed by atoms with E-state index in [-0.39, 0.29) is 0 Å². The molecule has 0 bridgehead atoms. The highest BCUT2D eigenvalue weighted by Crippen LogP contribution is 2.31. The van der Waals surface area contributed by atoms with Crippen molar-refractivity contribution < 1.29 is 4.74 Å². The van der Waals surface area contributed by atoms with Gasteiger partial charge in [-0.2, -0.15) is 0 Å². The molecule has 112 valence electrons. The molecule has 0 spiro atoms. The van der Waals surface area contributed by atoms with Crippen molar-refractivity contribution in [1.82, 2.24) is 5.32 Å². The third-order valence-corrected chi connectivity index (χ3v) is 3.86. The normalized spacial score (nSPS) is 10.6. The topological polar surface area (TPSA) is 21.3 Å². The predicted molar refractivity (Wildman–Crippen MR) is 89.2 cm³/mol. The van der Waals surface area contributed by atoms with Crippen LogP contribution >= 0.6 is 23.2 Å². The van der Waals surface area contributed by atoms with Gasteiger partial charge in [-0.3, -0.25) is 0 Å². The minimum Gasteiger partial charge on any atom is -0.487 e. The molecule has 21 heavy (non-hydrogen) atoms. The Hall–Kier alpha value is -1.22. The maximum Gasteiger partial charge on any atom is 0.139 e. The first-order valence-corrected chi connectivity index (χ1v) is 7.81. The molecule has 0 radical (unpaired) electrons. The van der Waals surface area contributed by atoms with E-state index in [0.29, 0.717) is 22.4 Å². The molecule has 0 atom stereocenters. The van der Waals surface area contributed by atoms with Gasteiger partial charge in [-0.25, -0.2) is 0 Å². The maximum absolute atomic E-state index is 6.11. The van der Waals surface area contributed by atoms with Crippen molar-refractivity contribution in [2.24, 2.45) is 0 Å². The van der Waals surface area contributed by atoms with Crippen molar-refractivity contribution >= 4 is 23.2 Å². The van der Waals surface area contributed by atoms with E-state index in [1.54, 1.807) is 6.07 Å². The van der Waals surface area contributed by atoms with Crippen LogP contribution in [0.4, 0.5) is 0 Å². The van der Waals surface area contributed by atoms with Crippen LogP contribution in [-0.2, 0) is 13.2 Å². The van der Waals surface area contributed by atoms with Gasteiger partial charge in [0.2, 0.25) is 0 Å². The lowest BCUT2D eigenvalue weighted by Crippen LogP contribution is -2.13. The Morgan fingerprint density at radius 2 is 1.81 bits per heavy atom. The summed E-state index contributed by atoms with van der Waals surface area (Å²) in [5.74, 6) is 0.610. The molecule has 2 aromatic rings. The molecule has 0 amide bonds. The fourth-order valence-corrected chi connectivity index (χ4v) is 2.34. The molecule has 0 unspecified atom stereocenters. The summed E-state index contributed by atoms with van der Waals surface area (Å²) in [6.45, 7) is 4.53. The highest BCUT2D eigenvalue weighted by molar-refractivity contribution is 6.42. The quantitative estimate of drug-likeness (QED) is 0.718. The van der Waals surface area contributed by atoms with Crippen LogP contribution in [0.1, 0.15) is 24.5 Å². The van der Waals surface area contributed by atoms with E-state index < -0.39 is 0 Å². The van der Waals surface area contributed by atoms with Gasteiger partial charge in [0, 0.05) is 6.54 Å². The first-order chi connectivity index (χ1) is 10.2. The maximum atomic E-state index is 6.11. The van der Waals surface area contributed by atoms with E-state index in [9.17, 15) is 0 Å². The molecule has 0 aliphatic carbocycles. The van der Waals surface area contributed by atoms with Crippen molar-refractivity contribution in [3.8, 4) is 5.75 Å². The fraction of sp³-hybridized carbons (Fsp3) is 0.294. The Morgan fingerprint density at radius 1 is 1.05 bits per heavy atom. The molecule has 0 aliphatic rings. The van der Waals surface area contributed by atoms with Crippen molar-refractivity contribution in [2.45, 2.75) is 26.5 Å². The van der Waals surface area contributed by atoms with E-state index in [2.05, 4.69) is 24.4 Å². The van der Waals surface area contributed by atoms with Gasteiger partial charge in [0.25, 0.3) is 0 Å². The molecular formula is C17H19Cl2NO. The average Bonchev–Trinajstić information content (AvgIpc) is 2.50. The minimum atomic E-state index is 0.458. The number of hydrogen-bond donors (Lipinski definition) is 1. The van der Waals surface area contributed by atoms with Crippen LogP contribution in [0.2, 0.25) is 10.0 Å². The van der Waals surface area contributed by atoms with E-state index in [0.717, 1.165) is 25.1 Å². The molecule has 4 heteroatoms. The Morgan fingerprint density at radius 3 is 2.62 bits per heavy atom. The first-order valence-electron chi connectivity index (χ1n) is 7.06. The fourth-order valence-electron chi connectivity index (χ4n) is 2.00. The monoisotopic (exact) mass is 323 g/mol. The smallest absolute Gasteiger partial charge is 0.139 e. The van der Waals surface area contributed by atoms with E-state index in [1.807, 2.05) is 24.3 Å². The number of halogens is 2. The molecule has 2 aromatic carbocycles. The van der Waals surface area contributed by atoms with Crippen LogP contribution in [0.3, 0.4) is 0 Å². The lowest BCUT2D eigenvalue weighted by Gasteiger charge is -2.10. The zero-order valence-electron chi connectivity index (χ0n) is 12.0. The molecule has 0 aromatic heterocycles. The van der Waals surface area contributed by atoms with E-state index in [4.69, 9.17) is 27.9 Å². The van der Waals surface area contributed by atoms with Gasteiger partial charge < -0.3 is 10.1 Å². The van der Waals surface area contributed by atoms with Crippen LogP contribution in [0.15, 0.2) is 42.5 Å². The summed E-state index contributed by atoms with van der Waals surface area (Å²) in [5, 5.41) is 4.35. The van der Waals surface area contributed by atoms with Crippen LogP contribution in [0.5, 0.6) is 5.75 Å². The van der Waals surface area contributed by atoms with Crippen LogP contribution < -0.4 is 10.1 Å². The van der Waals surface area contributed by atoms with Gasteiger partial charge in [0.15, 0.2) is 0 Å². The van der Waals surface area contributed by atoms with Gasteiger partial charge in [-0.1, -0.05) is 60.5 Å². The third kappa shape index (κ3) is 4.92. The molecule has 1 N–H and O–H groups in total. The van der Waals surface area contributed by atoms with Crippen LogP contribution in [0.25, 0.3) is 0 Å². The average molecular weight is 324 g/mol. The largest absolute Gasteiger partial charge is 0.487 e. The zero-order chi connectivity index (χ0) is 15.1. The van der Waals surface area contributed by atoms with Gasteiger partial charge in [-0.05, 0) is 36.2 Å². The summed E-state index contributed by atoms with van der Waals surface area (Å²) in [7, 11) is 0. The lowest BCUT2D eigenvalue weighted by molar-refractivity contribution is 0.306. The number of ether oxygens (including phenoxy) is 1. The second kappa shape index (κ2) is 8.28. The van der Waals surface area contributed by atoms with Crippen molar-refractivity contribution in [1.29, 1.82) is 0 Å². The highest BCUT2D eigenvalue weighted by atomic mass is 35.5.